The SMILES string of the molecule is O=C(O)C[C@@H]1C(C(=O)O)=CO[C@@H](O[C@@H]2O[C@H](CO)[C@@H](O)[C@H](O)[C@H]2O)/C1=C/COC(=O)/C=C/c1ccccc1. The van der Waals surface area contributed by atoms with E-state index < -0.39 is 86.0 Å². The zero-order valence-electron chi connectivity index (χ0n) is 19.9. The van der Waals surface area contributed by atoms with Gasteiger partial charge in [-0.3, -0.25) is 4.79 Å². The lowest BCUT2D eigenvalue weighted by molar-refractivity contribution is -0.327. The van der Waals surface area contributed by atoms with Crippen molar-refractivity contribution >= 4 is 24.0 Å². The molecule has 0 amide bonds. The smallest absolute Gasteiger partial charge is 0.335 e. The van der Waals surface area contributed by atoms with E-state index >= 15 is 0 Å². The van der Waals surface area contributed by atoms with Crippen LogP contribution in [0.1, 0.15) is 12.0 Å². The average molecular weight is 536 g/mol. The van der Waals surface area contributed by atoms with Crippen LogP contribution in [0, 0.1) is 5.92 Å². The molecule has 0 spiro atoms. The molecule has 0 saturated carbocycles. The number of carboxylic acids is 2. The highest BCUT2D eigenvalue weighted by molar-refractivity contribution is 5.89. The van der Waals surface area contributed by atoms with Crippen molar-refractivity contribution in [3.63, 3.8) is 0 Å². The van der Waals surface area contributed by atoms with Gasteiger partial charge in [0.1, 0.15) is 31.0 Å². The minimum atomic E-state index is -1.80. The van der Waals surface area contributed by atoms with E-state index in [4.69, 9.17) is 18.9 Å². The monoisotopic (exact) mass is 536 g/mol. The highest BCUT2D eigenvalue weighted by Gasteiger charge is 2.46. The van der Waals surface area contributed by atoms with E-state index in [1.54, 1.807) is 24.3 Å². The molecule has 2 aliphatic rings. The highest BCUT2D eigenvalue weighted by atomic mass is 16.8. The van der Waals surface area contributed by atoms with Crippen LogP contribution >= 0.6 is 0 Å². The number of carboxylic acid groups (broad SMARTS) is 2. The van der Waals surface area contributed by atoms with Crippen molar-refractivity contribution in [2.75, 3.05) is 13.2 Å². The number of benzene rings is 1. The third-order valence-corrected chi connectivity index (χ3v) is 5.86. The maximum Gasteiger partial charge on any atom is 0.335 e. The molecule has 0 aliphatic carbocycles. The van der Waals surface area contributed by atoms with Crippen LogP contribution in [-0.2, 0) is 33.3 Å². The predicted molar refractivity (Wildman–Crippen MR) is 126 cm³/mol. The second-order valence-electron chi connectivity index (χ2n) is 8.41. The normalized spacial score (nSPS) is 30.5. The van der Waals surface area contributed by atoms with Crippen molar-refractivity contribution in [2.24, 2.45) is 5.92 Å². The maximum absolute atomic E-state index is 12.1. The third kappa shape index (κ3) is 7.25. The molecule has 0 bridgehead atoms. The van der Waals surface area contributed by atoms with Crippen LogP contribution < -0.4 is 0 Å². The molecule has 6 N–H and O–H groups in total. The number of hydrogen-bond donors (Lipinski definition) is 6. The number of ether oxygens (including phenoxy) is 4. The summed E-state index contributed by atoms with van der Waals surface area (Å²) in [4.78, 5) is 35.4. The topological polar surface area (TPSA) is 210 Å². The summed E-state index contributed by atoms with van der Waals surface area (Å²) >= 11 is 0. The van der Waals surface area contributed by atoms with Crippen LogP contribution in [0.3, 0.4) is 0 Å². The van der Waals surface area contributed by atoms with Crippen molar-refractivity contribution < 1.29 is 64.0 Å². The van der Waals surface area contributed by atoms with Gasteiger partial charge in [-0.1, -0.05) is 30.3 Å². The summed E-state index contributed by atoms with van der Waals surface area (Å²) in [5, 5.41) is 58.6. The van der Waals surface area contributed by atoms with Gasteiger partial charge in [0.2, 0.25) is 6.29 Å². The molecule has 1 aromatic rings. The minimum absolute atomic E-state index is 0.0656. The number of esters is 1. The van der Waals surface area contributed by atoms with Gasteiger partial charge in [-0.25, -0.2) is 9.59 Å². The Kier molecular flexibility index (Phi) is 10.1. The van der Waals surface area contributed by atoms with Gasteiger partial charge in [0.25, 0.3) is 0 Å². The third-order valence-electron chi connectivity index (χ3n) is 5.86. The molecule has 2 heterocycles. The molecule has 7 atom stereocenters. The van der Waals surface area contributed by atoms with Crippen molar-refractivity contribution in [3.8, 4) is 0 Å². The molecule has 38 heavy (non-hydrogen) atoms. The predicted octanol–water partition coefficient (Wildman–Crippen LogP) is -0.598. The van der Waals surface area contributed by atoms with Crippen molar-refractivity contribution in [3.05, 3.63) is 65.5 Å². The van der Waals surface area contributed by atoms with Crippen molar-refractivity contribution in [2.45, 2.75) is 43.4 Å². The Labute approximate surface area is 216 Å². The quantitative estimate of drug-likeness (QED) is 0.126. The van der Waals surface area contributed by atoms with Crippen molar-refractivity contribution in [1.82, 2.24) is 0 Å². The standard InChI is InChI=1S/C25H28O13/c26-11-17-20(30)21(31)22(32)25(37-17)38-24-14(15(10-18(27)28)16(12-36-24)23(33)34)8-9-35-19(29)7-6-13-4-2-1-3-5-13/h1-8,12,15,17,20-22,24-26,30-32H,9-11H2,(H,27,28)(H,33,34)/b7-6+,14-8+/t15-,17+,20+,21-,22+,24-,25-/m0/s1. The second-order valence-corrected chi connectivity index (χ2v) is 8.41. The Morgan fingerprint density at radius 3 is 2.34 bits per heavy atom. The van der Waals surface area contributed by atoms with Crippen LogP contribution in [0.2, 0.25) is 0 Å². The van der Waals surface area contributed by atoms with Gasteiger partial charge in [-0.15, -0.1) is 0 Å². The first-order chi connectivity index (χ1) is 18.1. The van der Waals surface area contributed by atoms with Gasteiger partial charge < -0.3 is 49.6 Å². The summed E-state index contributed by atoms with van der Waals surface area (Å²) in [6.07, 6.45) is -5.73. The van der Waals surface area contributed by atoms with Crippen LogP contribution in [0.4, 0.5) is 0 Å². The lowest BCUT2D eigenvalue weighted by atomic mass is 9.86. The van der Waals surface area contributed by atoms with Gasteiger partial charge in [-0.2, -0.15) is 0 Å². The van der Waals surface area contributed by atoms with E-state index in [1.165, 1.54) is 18.2 Å². The Hall–Kier alpha value is -3.59. The van der Waals surface area contributed by atoms with E-state index in [0.29, 0.717) is 0 Å². The Balaban J connectivity index is 1.82. The van der Waals surface area contributed by atoms with E-state index in [1.807, 2.05) is 6.07 Å². The molecular weight excluding hydrogens is 508 g/mol. The molecule has 0 radical (unpaired) electrons. The zero-order chi connectivity index (χ0) is 27.8. The highest BCUT2D eigenvalue weighted by Crippen LogP contribution is 2.35. The first kappa shape index (κ1) is 29.0. The molecule has 1 aromatic carbocycles. The summed E-state index contributed by atoms with van der Waals surface area (Å²) < 4.78 is 21.4. The van der Waals surface area contributed by atoms with E-state index in [-0.39, 0.29) is 5.57 Å². The minimum Gasteiger partial charge on any atom is -0.481 e. The van der Waals surface area contributed by atoms with E-state index in [0.717, 1.165) is 11.8 Å². The molecule has 3 rings (SSSR count). The van der Waals surface area contributed by atoms with Gasteiger partial charge in [0.05, 0.1) is 24.9 Å². The van der Waals surface area contributed by atoms with E-state index in [9.17, 15) is 45.0 Å². The first-order valence-electron chi connectivity index (χ1n) is 11.5. The van der Waals surface area contributed by atoms with Crippen molar-refractivity contribution in [1.29, 1.82) is 0 Å². The summed E-state index contributed by atoms with van der Waals surface area (Å²) in [5.74, 6) is -4.83. The number of aliphatic hydroxyl groups excluding tert-OH is 4. The van der Waals surface area contributed by atoms with Gasteiger partial charge in [0, 0.05) is 17.6 Å². The molecule has 13 nitrogen and oxygen atoms in total. The molecule has 0 unspecified atom stereocenters. The number of aliphatic hydroxyl groups is 4. The van der Waals surface area contributed by atoms with Gasteiger partial charge in [0.15, 0.2) is 6.29 Å². The van der Waals surface area contributed by atoms with Gasteiger partial charge >= 0.3 is 17.9 Å². The summed E-state index contributed by atoms with van der Waals surface area (Å²) in [7, 11) is 0. The number of aliphatic carboxylic acids is 2. The molecular formula is C25H28O13. The Morgan fingerprint density at radius 1 is 1.00 bits per heavy atom. The fourth-order valence-electron chi connectivity index (χ4n) is 3.89. The average Bonchev–Trinajstić information content (AvgIpc) is 2.89. The summed E-state index contributed by atoms with van der Waals surface area (Å²) in [6.45, 7) is -1.15. The first-order valence-corrected chi connectivity index (χ1v) is 11.5. The van der Waals surface area contributed by atoms with E-state index in [2.05, 4.69) is 0 Å². The Morgan fingerprint density at radius 2 is 1.71 bits per heavy atom. The molecule has 2 aliphatic heterocycles. The molecule has 13 heteroatoms. The molecule has 1 saturated heterocycles. The summed E-state index contributed by atoms with van der Waals surface area (Å²) in [5.41, 5.74) is 0.265. The fraction of sp³-hybridized carbons (Fsp3) is 0.400. The molecule has 0 aromatic heterocycles. The van der Waals surface area contributed by atoms with Gasteiger partial charge in [-0.05, 0) is 17.7 Å². The Bertz CT molecular complexity index is 1080. The lowest BCUT2D eigenvalue weighted by Gasteiger charge is -2.41. The van der Waals surface area contributed by atoms with Crippen LogP contribution in [-0.4, -0.2) is 98.8 Å². The number of hydrogen-bond acceptors (Lipinski definition) is 11. The number of carbonyl (C=O) groups excluding carboxylic acids is 1. The van der Waals surface area contributed by atoms with Crippen LogP contribution in [0.15, 0.2) is 59.9 Å². The fourth-order valence-corrected chi connectivity index (χ4v) is 3.89. The lowest BCUT2D eigenvalue weighted by Crippen LogP contribution is -2.60. The largest absolute Gasteiger partial charge is 0.481 e. The van der Waals surface area contributed by atoms with Crippen LogP contribution in [0.25, 0.3) is 6.08 Å². The maximum atomic E-state index is 12.1. The summed E-state index contributed by atoms with van der Waals surface area (Å²) in [6, 6.07) is 8.91. The number of rotatable bonds is 10. The van der Waals surface area contributed by atoms with Crippen LogP contribution in [0.5, 0.6) is 0 Å². The molecule has 1 fully saturated rings. The zero-order valence-corrected chi connectivity index (χ0v) is 19.9. The number of carbonyl (C=O) groups is 3. The second kappa shape index (κ2) is 13.3. The molecule has 206 valence electrons.